The van der Waals surface area contributed by atoms with Gasteiger partial charge >= 0.3 is 0 Å². The number of rotatable bonds is 4. The fraction of sp³-hybridized carbons (Fsp3) is 0.250. The van der Waals surface area contributed by atoms with Crippen LogP contribution in [0.1, 0.15) is 11.7 Å². The molecule has 1 aromatic carbocycles. The molecule has 0 aliphatic rings. The van der Waals surface area contributed by atoms with Crippen molar-refractivity contribution in [3.63, 3.8) is 0 Å². The van der Waals surface area contributed by atoms with Crippen LogP contribution in [0.2, 0.25) is 0 Å². The number of hydrogen-bond donors (Lipinski definition) is 2. The van der Waals surface area contributed by atoms with Gasteiger partial charge in [0.1, 0.15) is 5.75 Å². The molecule has 17 heavy (non-hydrogen) atoms. The van der Waals surface area contributed by atoms with Crippen molar-refractivity contribution in [2.24, 2.45) is 5.73 Å². The quantitative estimate of drug-likeness (QED) is 0.822. The number of benzene rings is 1. The predicted molar refractivity (Wildman–Crippen MR) is 64.1 cm³/mol. The molecule has 0 bridgehead atoms. The summed E-state index contributed by atoms with van der Waals surface area (Å²) in [4.78, 5) is 4.06. The van der Waals surface area contributed by atoms with E-state index in [-0.39, 0.29) is 6.61 Å². The maximum absolute atomic E-state index is 9.11. The standard InChI is InChI=1S/C12H15N3O2/c1-17-12-5-3-2-4-10(12)15-8-14-6-11(15)9(13)7-16/h2-6,8-9,16H,7,13H2,1H3. The van der Waals surface area contributed by atoms with E-state index in [0.717, 1.165) is 17.1 Å². The molecule has 2 aromatic rings. The summed E-state index contributed by atoms with van der Waals surface area (Å²) in [5.41, 5.74) is 7.42. The third kappa shape index (κ3) is 2.15. The van der Waals surface area contributed by atoms with Crippen molar-refractivity contribution in [3.05, 3.63) is 42.5 Å². The van der Waals surface area contributed by atoms with Gasteiger partial charge in [-0.15, -0.1) is 0 Å². The van der Waals surface area contributed by atoms with Gasteiger partial charge in [-0.2, -0.15) is 0 Å². The summed E-state index contributed by atoms with van der Waals surface area (Å²) in [6, 6.07) is 7.12. The van der Waals surface area contributed by atoms with E-state index in [1.807, 2.05) is 28.8 Å². The smallest absolute Gasteiger partial charge is 0.142 e. The van der Waals surface area contributed by atoms with Gasteiger partial charge in [0.25, 0.3) is 0 Å². The number of nitrogens with two attached hydrogens (primary N) is 1. The first-order valence-corrected chi connectivity index (χ1v) is 5.30. The number of imidazole rings is 1. The van der Waals surface area contributed by atoms with Crippen molar-refractivity contribution in [2.75, 3.05) is 13.7 Å². The first-order chi connectivity index (χ1) is 8.27. The average molecular weight is 233 g/mol. The second-order valence-electron chi connectivity index (χ2n) is 3.65. The van der Waals surface area contributed by atoms with Crippen LogP contribution in [0.5, 0.6) is 5.75 Å². The van der Waals surface area contributed by atoms with Crippen LogP contribution < -0.4 is 10.5 Å². The van der Waals surface area contributed by atoms with E-state index >= 15 is 0 Å². The Bertz CT molecular complexity index is 496. The first kappa shape index (κ1) is 11.6. The molecule has 0 radical (unpaired) electrons. The lowest BCUT2D eigenvalue weighted by Gasteiger charge is -2.14. The minimum Gasteiger partial charge on any atom is -0.495 e. The average Bonchev–Trinajstić information content (AvgIpc) is 2.86. The number of methoxy groups -OCH3 is 1. The Kier molecular flexibility index (Phi) is 3.41. The molecule has 1 aromatic heterocycles. The van der Waals surface area contributed by atoms with E-state index in [9.17, 15) is 0 Å². The predicted octanol–water partition coefficient (Wildman–Crippen LogP) is 0.873. The molecule has 1 unspecified atom stereocenters. The summed E-state index contributed by atoms with van der Waals surface area (Å²) in [5.74, 6) is 0.733. The van der Waals surface area contributed by atoms with Gasteiger partial charge in [0.15, 0.2) is 0 Å². The maximum Gasteiger partial charge on any atom is 0.142 e. The van der Waals surface area contributed by atoms with Crippen molar-refractivity contribution < 1.29 is 9.84 Å². The minimum atomic E-state index is -0.456. The van der Waals surface area contributed by atoms with Crippen LogP contribution in [0.15, 0.2) is 36.8 Å². The van der Waals surface area contributed by atoms with Gasteiger partial charge in [-0.05, 0) is 12.1 Å². The molecule has 0 spiro atoms. The lowest BCUT2D eigenvalue weighted by molar-refractivity contribution is 0.264. The van der Waals surface area contributed by atoms with Crippen molar-refractivity contribution >= 4 is 0 Å². The summed E-state index contributed by atoms with van der Waals surface area (Å²) in [7, 11) is 1.61. The van der Waals surface area contributed by atoms with Gasteiger partial charge < -0.3 is 15.6 Å². The molecule has 0 aliphatic heterocycles. The van der Waals surface area contributed by atoms with Crippen LogP contribution in [-0.4, -0.2) is 28.4 Å². The van der Waals surface area contributed by atoms with E-state index in [1.54, 1.807) is 19.6 Å². The summed E-state index contributed by atoms with van der Waals surface area (Å²) < 4.78 is 7.10. The summed E-state index contributed by atoms with van der Waals surface area (Å²) in [5, 5.41) is 9.11. The van der Waals surface area contributed by atoms with Crippen molar-refractivity contribution in [3.8, 4) is 11.4 Å². The lowest BCUT2D eigenvalue weighted by Crippen LogP contribution is -2.18. The van der Waals surface area contributed by atoms with Crippen LogP contribution in [0.4, 0.5) is 0 Å². The molecule has 1 heterocycles. The molecule has 0 saturated heterocycles. The highest BCUT2D eigenvalue weighted by Crippen LogP contribution is 2.24. The Labute approximate surface area is 99.5 Å². The summed E-state index contributed by atoms with van der Waals surface area (Å²) in [6.07, 6.45) is 3.30. The van der Waals surface area contributed by atoms with E-state index < -0.39 is 6.04 Å². The van der Waals surface area contributed by atoms with Crippen LogP contribution in [0.25, 0.3) is 5.69 Å². The number of para-hydroxylation sites is 2. The Balaban J connectivity index is 2.49. The van der Waals surface area contributed by atoms with Gasteiger partial charge in [-0.1, -0.05) is 12.1 Å². The SMILES string of the molecule is COc1ccccc1-n1cncc1C(N)CO. The molecule has 3 N–H and O–H groups in total. The molecule has 0 amide bonds. The molecular weight excluding hydrogens is 218 g/mol. The number of ether oxygens (including phenoxy) is 1. The molecule has 5 nitrogen and oxygen atoms in total. The topological polar surface area (TPSA) is 73.3 Å². The van der Waals surface area contributed by atoms with Crippen molar-refractivity contribution in [2.45, 2.75) is 6.04 Å². The Morgan fingerprint density at radius 2 is 2.24 bits per heavy atom. The first-order valence-electron chi connectivity index (χ1n) is 5.30. The van der Waals surface area contributed by atoms with E-state index in [2.05, 4.69) is 4.98 Å². The number of hydrogen-bond acceptors (Lipinski definition) is 4. The molecule has 0 aliphatic carbocycles. The number of aliphatic hydroxyl groups excluding tert-OH is 1. The number of aliphatic hydroxyl groups is 1. The summed E-state index contributed by atoms with van der Waals surface area (Å²) in [6.45, 7) is -0.124. The van der Waals surface area contributed by atoms with Crippen molar-refractivity contribution in [1.29, 1.82) is 0 Å². The molecule has 90 valence electrons. The van der Waals surface area contributed by atoms with Crippen LogP contribution >= 0.6 is 0 Å². The van der Waals surface area contributed by atoms with E-state index in [1.165, 1.54) is 0 Å². The fourth-order valence-electron chi connectivity index (χ4n) is 1.70. The third-order valence-corrected chi connectivity index (χ3v) is 2.59. The zero-order valence-corrected chi connectivity index (χ0v) is 9.58. The van der Waals surface area contributed by atoms with Gasteiger partial charge in [-0.25, -0.2) is 4.98 Å². The highest BCUT2D eigenvalue weighted by atomic mass is 16.5. The fourth-order valence-corrected chi connectivity index (χ4v) is 1.70. The van der Waals surface area contributed by atoms with Crippen LogP contribution in [0, 0.1) is 0 Å². The Hall–Kier alpha value is -1.85. The van der Waals surface area contributed by atoms with Crippen LogP contribution in [-0.2, 0) is 0 Å². The molecule has 2 rings (SSSR count). The second kappa shape index (κ2) is 4.99. The molecule has 5 heteroatoms. The van der Waals surface area contributed by atoms with Crippen LogP contribution in [0.3, 0.4) is 0 Å². The largest absolute Gasteiger partial charge is 0.495 e. The third-order valence-electron chi connectivity index (χ3n) is 2.59. The zero-order valence-electron chi connectivity index (χ0n) is 9.58. The van der Waals surface area contributed by atoms with E-state index in [0.29, 0.717) is 0 Å². The van der Waals surface area contributed by atoms with Gasteiger partial charge in [-0.3, -0.25) is 4.57 Å². The normalized spacial score (nSPS) is 12.4. The molecule has 0 fully saturated rings. The number of aromatic nitrogens is 2. The number of nitrogens with zero attached hydrogens (tertiary/aromatic N) is 2. The highest BCUT2D eigenvalue weighted by molar-refractivity contribution is 5.47. The monoisotopic (exact) mass is 233 g/mol. The Morgan fingerprint density at radius 1 is 1.47 bits per heavy atom. The maximum atomic E-state index is 9.11. The van der Waals surface area contributed by atoms with Gasteiger partial charge in [0.05, 0.1) is 43.7 Å². The van der Waals surface area contributed by atoms with Gasteiger partial charge in [0.2, 0.25) is 0 Å². The summed E-state index contributed by atoms with van der Waals surface area (Å²) >= 11 is 0. The van der Waals surface area contributed by atoms with Crippen molar-refractivity contribution in [1.82, 2.24) is 9.55 Å². The highest BCUT2D eigenvalue weighted by Gasteiger charge is 2.13. The Morgan fingerprint density at radius 3 is 2.94 bits per heavy atom. The minimum absolute atomic E-state index is 0.124. The van der Waals surface area contributed by atoms with E-state index in [4.69, 9.17) is 15.6 Å². The zero-order chi connectivity index (χ0) is 12.3. The van der Waals surface area contributed by atoms with Gasteiger partial charge in [0, 0.05) is 0 Å². The lowest BCUT2D eigenvalue weighted by atomic mass is 10.2. The molecule has 0 saturated carbocycles. The second-order valence-corrected chi connectivity index (χ2v) is 3.65. The molecule has 1 atom stereocenters. The molecular formula is C12H15N3O2.